The van der Waals surface area contributed by atoms with Crippen molar-refractivity contribution in [1.82, 2.24) is 10.2 Å². The first-order valence-electron chi connectivity index (χ1n) is 8.77. The van der Waals surface area contributed by atoms with E-state index in [4.69, 9.17) is 5.11 Å². The third-order valence-corrected chi connectivity index (χ3v) is 4.96. The van der Waals surface area contributed by atoms with E-state index in [-0.39, 0.29) is 17.2 Å². The first kappa shape index (κ1) is 17.7. The SMILES string of the molecule is O=C(O)CNC(=O)c1cccc(N2C(=O)[C@@H]3Cc4ccccc4CN3C2=O)c1. The molecule has 0 aromatic heterocycles. The van der Waals surface area contributed by atoms with Crippen LogP contribution in [0.5, 0.6) is 0 Å². The standard InChI is InChI=1S/C20H17N3O5/c24-17(25)10-21-18(26)13-6-3-7-15(8-13)23-19(27)16-9-12-4-1-2-5-14(12)11-22(16)20(23)28/h1-8,16H,9-11H2,(H,21,26)(H,24,25)/t16-/m0/s1. The average Bonchev–Trinajstić information content (AvgIpc) is 2.94. The summed E-state index contributed by atoms with van der Waals surface area (Å²) in [6.45, 7) is -0.153. The molecule has 4 amide bonds. The molecule has 0 unspecified atom stereocenters. The number of carboxylic acid groups (broad SMARTS) is 1. The molecule has 0 spiro atoms. The Bertz CT molecular complexity index is 960. The van der Waals surface area contributed by atoms with Gasteiger partial charge in [0, 0.05) is 18.5 Å². The Morgan fingerprint density at radius 2 is 1.82 bits per heavy atom. The molecule has 2 heterocycles. The Hall–Kier alpha value is -3.68. The lowest BCUT2D eigenvalue weighted by atomic mass is 9.95. The second-order valence-corrected chi connectivity index (χ2v) is 6.70. The fourth-order valence-electron chi connectivity index (χ4n) is 3.60. The first-order valence-corrected chi connectivity index (χ1v) is 8.77. The lowest BCUT2D eigenvalue weighted by Gasteiger charge is -2.28. The molecular formula is C20H17N3O5. The molecule has 0 bridgehead atoms. The number of urea groups is 1. The molecule has 0 saturated carbocycles. The number of carbonyl (C=O) groups is 4. The molecule has 8 nitrogen and oxygen atoms in total. The fraction of sp³-hybridized carbons (Fsp3) is 0.200. The summed E-state index contributed by atoms with van der Waals surface area (Å²) < 4.78 is 0. The molecule has 1 fully saturated rings. The Labute approximate surface area is 160 Å². The Balaban J connectivity index is 1.60. The first-order chi connectivity index (χ1) is 13.5. The molecule has 2 aromatic rings. The number of carbonyl (C=O) groups excluding carboxylic acids is 3. The van der Waals surface area contributed by atoms with E-state index in [0.29, 0.717) is 13.0 Å². The number of fused-ring (bicyclic) bond motifs is 2. The predicted octanol–water partition coefficient (Wildman–Crippen LogP) is 1.39. The highest BCUT2D eigenvalue weighted by Gasteiger charge is 2.47. The zero-order chi connectivity index (χ0) is 19.8. The molecule has 0 radical (unpaired) electrons. The van der Waals surface area contributed by atoms with Crippen molar-refractivity contribution in [3.05, 3.63) is 65.2 Å². The van der Waals surface area contributed by atoms with Crippen molar-refractivity contribution in [2.24, 2.45) is 0 Å². The second-order valence-electron chi connectivity index (χ2n) is 6.70. The van der Waals surface area contributed by atoms with Gasteiger partial charge in [0.25, 0.3) is 11.8 Å². The van der Waals surface area contributed by atoms with Crippen LogP contribution in [0.3, 0.4) is 0 Å². The minimum atomic E-state index is -1.16. The van der Waals surface area contributed by atoms with Crippen LogP contribution in [-0.4, -0.2) is 46.4 Å². The zero-order valence-electron chi connectivity index (χ0n) is 14.8. The van der Waals surface area contributed by atoms with Crippen molar-refractivity contribution in [1.29, 1.82) is 0 Å². The van der Waals surface area contributed by atoms with Gasteiger partial charge in [-0.2, -0.15) is 0 Å². The summed E-state index contributed by atoms with van der Waals surface area (Å²) in [5.41, 5.74) is 2.53. The highest BCUT2D eigenvalue weighted by atomic mass is 16.4. The van der Waals surface area contributed by atoms with E-state index < -0.39 is 30.5 Å². The monoisotopic (exact) mass is 379 g/mol. The molecule has 2 aliphatic rings. The van der Waals surface area contributed by atoms with Crippen LogP contribution in [0, 0.1) is 0 Å². The van der Waals surface area contributed by atoms with Crippen molar-refractivity contribution in [2.75, 3.05) is 11.4 Å². The molecule has 2 aliphatic heterocycles. The molecule has 2 aromatic carbocycles. The molecule has 4 rings (SSSR count). The van der Waals surface area contributed by atoms with Gasteiger partial charge in [-0.1, -0.05) is 30.3 Å². The Kier molecular flexibility index (Phi) is 4.31. The van der Waals surface area contributed by atoms with E-state index in [2.05, 4.69) is 5.32 Å². The number of anilines is 1. The van der Waals surface area contributed by atoms with Gasteiger partial charge in [0.15, 0.2) is 0 Å². The van der Waals surface area contributed by atoms with Crippen molar-refractivity contribution in [3.8, 4) is 0 Å². The summed E-state index contributed by atoms with van der Waals surface area (Å²) in [5, 5.41) is 10.9. The highest BCUT2D eigenvalue weighted by Crippen LogP contribution is 2.33. The summed E-state index contributed by atoms with van der Waals surface area (Å²) in [5.74, 6) is -2.08. The number of amides is 4. The van der Waals surface area contributed by atoms with Gasteiger partial charge in [0.05, 0.1) is 5.69 Å². The number of imide groups is 1. The molecule has 2 N–H and O–H groups in total. The van der Waals surface area contributed by atoms with E-state index in [1.165, 1.54) is 12.1 Å². The van der Waals surface area contributed by atoms with Gasteiger partial charge in [-0.05, 0) is 29.3 Å². The van der Waals surface area contributed by atoms with Crippen LogP contribution in [0.4, 0.5) is 10.5 Å². The van der Waals surface area contributed by atoms with Crippen LogP contribution in [0.25, 0.3) is 0 Å². The maximum absolute atomic E-state index is 12.9. The van der Waals surface area contributed by atoms with Crippen molar-refractivity contribution in [3.63, 3.8) is 0 Å². The molecule has 8 heteroatoms. The Morgan fingerprint density at radius 3 is 2.57 bits per heavy atom. The van der Waals surface area contributed by atoms with Crippen LogP contribution < -0.4 is 10.2 Å². The van der Waals surface area contributed by atoms with Gasteiger partial charge in [-0.25, -0.2) is 9.69 Å². The topological polar surface area (TPSA) is 107 Å². The molecule has 28 heavy (non-hydrogen) atoms. The Morgan fingerprint density at radius 1 is 1.07 bits per heavy atom. The number of carboxylic acids is 1. The number of nitrogens with zero attached hydrogens (tertiary/aromatic N) is 2. The van der Waals surface area contributed by atoms with Gasteiger partial charge in [-0.3, -0.25) is 14.4 Å². The minimum Gasteiger partial charge on any atom is -0.480 e. The number of hydrogen-bond donors (Lipinski definition) is 2. The number of rotatable bonds is 4. The normalized spacial score (nSPS) is 17.9. The number of aliphatic carboxylic acids is 1. The van der Waals surface area contributed by atoms with Crippen molar-refractivity contribution in [2.45, 2.75) is 19.0 Å². The van der Waals surface area contributed by atoms with Gasteiger partial charge >= 0.3 is 12.0 Å². The molecule has 0 aliphatic carbocycles. The second kappa shape index (κ2) is 6.80. The van der Waals surface area contributed by atoms with Crippen LogP contribution in [0.2, 0.25) is 0 Å². The summed E-state index contributed by atoms with van der Waals surface area (Å²) >= 11 is 0. The fourth-order valence-corrected chi connectivity index (χ4v) is 3.60. The van der Waals surface area contributed by atoms with Gasteiger partial charge in [-0.15, -0.1) is 0 Å². The van der Waals surface area contributed by atoms with E-state index in [1.54, 1.807) is 17.0 Å². The van der Waals surface area contributed by atoms with Crippen molar-refractivity contribution >= 4 is 29.5 Å². The molecular weight excluding hydrogens is 362 g/mol. The van der Waals surface area contributed by atoms with Crippen molar-refractivity contribution < 1.29 is 24.3 Å². The smallest absolute Gasteiger partial charge is 0.332 e. The van der Waals surface area contributed by atoms with E-state index in [0.717, 1.165) is 16.0 Å². The van der Waals surface area contributed by atoms with E-state index >= 15 is 0 Å². The third-order valence-electron chi connectivity index (χ3n) is 4.96. The molecule has 1 saturated heterocycles. The van der Waals surface area contributed by atoms with Crippen LogP contribution in [0.15, 0.2) is 48.5 Å². The third kappa shape index (κ3) is 2.98. The number of hydrogen-bond acceptors (Lipinski definition) is 4. The lowest BCUT2D eigenvalue weighted by Crippen LogP contribution is -2.39. The summed E-state index contributed by atoms with van der Waals surface area (Å²) in [4.78, 5) is 51.2. The highest BCUT2D eigenvalue weighted by molar-refractivity contribution is 6.21. The summed E-state index contributed by atoms with van der Waals surface area (Å²) in [6, 6.07) is 12.8. The predicted molar refractivity (Wildman–Crippen MR) is 98.8 cm³/mol. The summed E-state index contributed by atoms with van der Waals surface area (Å²) in [7, 11) is 0. The maximum atomic E-state index is 12.9. The quantitative estimate of drug-likeness (QED) is 0.781. The maximum Gasteiger partial charge on any atom is 0.332 e. The van der Waals surface area contributed by atoms with E-state index in [1.807, 2.05) is 24.3 Å². The number of nitrogens with one attached hydrogen (secondary N) is 1. The minimum absolute atomic E-state index is 0.174. The lowest BCUT2D eigenvalue weighted by molar-refractivity contribution is -0.135. The molecule has 1 atom stereocenters. The zero-order valence-corrected chi connectivity index (χ0v) is 14.8. The van der Waals surface area contributed by atoms with Crippen LogP contribution >= 0.6 is 0 Å². The largest absolute Gasteiger partial charge is 0.480 e. The van der Waals surface area contributed by atoms with Gasteiger partial charge in [0.2, 0.25) is 0 Å². The van der Waals surface area contributed by atoms with Crippen LogP contribution in [-0.2, 0) is 22.6 Å². The average molecular weight is 379 g/mol. The molecule has 142 valence electrons. The number of benzene rings is 2. The summed E-state index contributed by atoms with van der Waals surface area (Å²) in [6.07, 6.45) is 0.454. The van der Waals surface area contributed by atoms with Gasteiger partial charge in [0.1, 0.15) is 12.6 Å². The van der Waals surface area contributed by atoms with Crippen LogP contribution in [0.1, 0.15) is 21.5 Å². The van der Waals surface area contributed by atoms with Gasteiger partial charge < -0.3 is 15.3 Å². The van der Waals surface area contributed by atoms with E-state index in [9.17, 15) is 19.2 Å².